The third-order valence-corrected chi connectivity index (χ3v) is 6.27. The lowest BCUT2D eigenvalue weighted by Gasteiger charge is -2.37. The first kappa shape index (κ1) is 22.0. The van der Waals surface area contributed by atoms with Crippen LogP contribution in [0.15, 0.2) is 45.9 Å². The van der Waals surface area contributed by atoms with E-state index in [0.717, 1.165) is 37.8 Å². The number of carbonyl (C=O) groups excluding carboxylic acids is 1. The molecule has 5 rings (SSSR count). The van der Waals surface area contributed by atoms with E-state index in [1.54, 1.807) is 18.3 Å². The number of fused-ring (bicyclic) bond motifs is 3. The predicted octanol–water partition coefficient (Wildman–Crippen LogP) is 2.88. The van der Waals surface area contributed by atoms with Crippen LogP contribution in [-0.4, -0.2) is 58.9 Å². The summed E-state index contributed by atoms with van der Waals surface area (Å²) >= 11 is 0. The molecule has 176 valence electrons. The molecule has 0 bridgehead atoms. The Bertz CT molecular complexity index is 1390. The van der Waals surface area contributed by atoms with E-state index in [9.17, 15) is 14.0 Å². The first-order valence-electron chi connectivity index (χ1n) is 11.1. The first-order chi connectivity index (χ1) is 16.5. The smallest absolute Gasteiger partial charge is 0.345 e. The number of aromatic nitrogens is 3. The van der Waals surface area contributed by atoms with Gasteiger partial charge in [-0.15, -0.1) is 0 Å². The fourth-order valence-electron chi connectivity index (χ4n) is 4.55. The van der Waals surface area contributed by atoms with Crippen LogP contribution in [0.3, 0.4) is 0 Å². The lowest BCUT2D eigenvalue weighted by Crippen LogP contribution is -2.43. The van der Waals surface area contributed by atoms with Gasteiger partial charge in [-0.05, 0) is 31.0 Å². The molecule has 34 heavy (non-hydrogen) atoms. The minimum atomic E-state index is -0.456. The number of rotatable bonds is 7. The van der Waals surface area contributed by atoms with Crippen LogP contribution in [0.1, 0.15) is 18.5 Å². The maximum atomic E-state index is 13.9. The number of nitrogens with zero attached hydrogens (tertiary/aromatic N) is 4. The highest BCUT2D eigenvalue weighted by Crippen LogP contribution is 2.30. The summed E-state index contributed by atoms with van der Waals surface area (Å²) < 4.78 is 24.6. The molecule has 0 unspecified atom stereocenters. The van der Waals surface area contributed by atoms with Crippen LogP contribution < -0.4 is 15.3 Å². The molecule has 1 aliphatic rings. The van der Waals surface area contributed by atoms with Crippen molar-refractivity contribution in [3.8, 4) is 5.88 Å². The summed E-state index contributed by atoms with van der Waals surface area (Å²) in [5, 5.41) is 0.497. The van der Waals surface area contributed by atoms with E-state index in [-0.39, 0.29) is 24.2 Å². The van der Waals surface area contributed by atoms with Gasteiger partial charge in [-0.2, -0.15) is 0 Å². The van der Waals surface area contributed by atoms with Gasteiger partial charge in [0.15, 0.2) is 11.9 Å². The summed E-state index contributed by atoms with van der Waals surface area (Å²) in [6.45, 7) is 2.18. The molecular formula is C24H24FN5O4. The van der Waals surface area contributed by atoms with E-state index in [1.165, 1.54) is 6.07 Å². The number of halogens is 1. The summed E-state index contributed by atoms with van der Waals surface area (Å²) in [6.07, 6.45) is 5.10. The Hall–Kier alpha value is -3.79. The minimum Gasteiger partial charge on any atom is -0.469 e. The molecule has 0 atom stereocenters. The second-order valence-corrected chi connectivity index (χ2v) is 8.40. The van der Waals surface area contributed by atoms with Crippen molar-refractivity contribution in [2.24, 2.45) is 0 Å². The monoisotopic (exact) mass is 465 g/mol. The van der Waals surface area contributed by atoms with Gasteiger partial charge in [0.05, 0.1) is 17.1 Å². The number of H-pyrrole nitrogens is 1. The lowest BCUT2D eigenvalue weighted by molar-refractivity contribution is -0.109. The van der Waals surface area contributed by atoms with Crippen LogP contribution in [0.4, 0.5) is 10.1 Å². The van der Waals surface area contributed by atoms with E-state index in [0.29, 0.717) is 40.5 Å². The molecular weight excluding hydrogens is 441 g/mol. The Morgan fingerprint density at radius 3 is 2.94 bits per heavy atom. The van der Waals surface area contributed by atoms with Crippen molar-refractivity contribution in [2.75, 3.05) is 31.6 Å². The Morgan fingerprint density at radius 1 is 1.32 bits per heavy atom. The standard InChI is InChI=1S/C24H24FN5O4/c1-29(19-11-15(25)13-27-23(19)33-10-9-31)17-4-7-30(8-5-17)14-16-12-18-21(28-16)22-20(34-24(18)32)3-2-6-26-22/h2-3,6,9,11-13,17,28H,4-5,7-8,10,14H2,1H3. The van der Waals surface area contributed by atoms with Gasteiger partial charge in [0.25, 0.3) is 0 Å². The van der Waals surface area contributed by atoms with Crippen molar-refractivity contribution in [3.05, 3.63) is 58.6 Å². The van der Waals surface area contributed by atoms with Crippen molar-refractivity contribution in [1.29, 1.82) is 0 Å². The van der Waals surface area contributed by atoms with Crippen LogP contribution >= 0.6 is 0 Å². The van der Waals surface area contributed by atoms with Crippen LogP contribution in [0.5, 0.6) is 5.88 Å². The quantitative estimate of drug-likeness (QED) is 0.416. The molecule has 5 heterocycles. The first-order valence-corrected chi connectivity index (χ1v) is 11.1. The molecule has 9 nitrogen and oxygen atoms in total. The molecule has 0 aliphatic carbocycles. The number of piperidine rings is 1. The summed E-state index contributed by atoms with van der Waals surface area (Å²) in [7, 11) is 1.89. The van der Waals surface area contributed by atoms with Crippen LogP contribution in [-0.2, 0) is 11.3 Å². The summed E-state index contributed by atoms with van der Waals surface area (Å²) in [6, 6.07) is 6.85. The molecule has 0 saturated carbocycles. The highest BCUT2D eigenvalue weighted by molar-refractivity contribution is 5.99. The van der Waals surface area contributed by atoms with Crippen molar-refractivity contribution in [3.63, 3.8) is 0 Å². The summed E-state index contributed by atoms with van der Waals surface area (Å²) in [4.78, 5) is 39.0. The second kappa shape index (κ2) is 9.22. The lowest BCUT2D eigenvalue weighted by atomic mass is 10.0. The molecule has 1 N–H and O–H groups in total. The van der Waals surface area contributed by atoms with E-state index in [4.69, 9.17) is 9.15 Å². The van der Waals surface area contributed by atoms with Gasteiger partial charge in [-0.3, -0.25) is 14.7 Å². The highest BCUT2D eigenvalue weighted by Gasteiger charge is 2.26. The number of carbonyl (C=O) groups is 1. The minimum absolute atomic E-state index is 0.133. The number of hydrogen-bond acceptors (Lipinski definition) is 8. The zero-order valence-electron chi connectivity index (χ0n) is 18.7. The summed E-state index contributed by atoms with van der Waals surface area (Å²) in [5.74, 6) is -0.209. The van der Waals surface area contributed by atoms with Gasteiger partial charge in [0.2, 0.25) is 5.88 Å². The molecule has 4 aromatic rings. The van der Waals surface area contributed by atoms with Crippen molar-refractivity contribution in [2.45, 2.75) is 25.4 Å². The average molecular weight is 465 g/mol. The van der Waals surface area contributed by atoms with Gasteiger partial charge < -0.3 is 19.0 Å². The van der Waals surface area contributed by atoms with Crippen molar-refractivity contribution < 1.29 is 18.3 Å². The van der Waals surface area contributed by atoms with E-state index < -0.39 is 5.82 Å². The average Bonchev–Trinajstić information content (AvgIpc) is 3.28. The Balaban J connectivity index is 1.28. The number of nitrogens with one attached hydrogen (secondary N) is 1. The second-order valence-electron chi connectivity index (χ2n) is 8.40. The summed E-state index contributed by atoms with van der Waals surface area (Å²) in [5.41, 5.74) is 2.86. The Kier molecular flexibility index (Phi) is 5.97. The third kappa shape index (κ3) is 4.24. The number of aromatic amines is 1. The van der Waals surface area contributed by atoms with Crippen molar-refractivity contribution in [1.82, 2.24) is 19.9 Å². The van der Waals surface area contributed by atoms with Crippen LogP contribution in [0, 0.1) is 5.82 Å². The molecule has 4 aromatic heterocycles. The van der Waals surface area contributed by atoms with Gasteiger partial charge in [-0.25, -0.2) is 14.2 Å². The zero-order chi connectivity index (χ0) is 23.7. The van der Waals surface area contributed by atoms with Gasteiger partial charge in [0.1, 0.15) is 23.6 Å². The molecule has 1 fully saturated rings. The Labute approximate surface area is 194 Å². The molecule has 1 aliphatic heterocycles. The number of pyridine rings is 2. The largest absolute Gasteiger partial charge is 0.469 e. The van der Waals surface area contributed by atoms with E-state index in [1.807, 2.05) is 18.0 Å². The van der Waals surface area contributed by atoms with Crippen molar-refractivity contribution >= 4 is 34.0 Å². The SMILES string of the molecule is CN(c1cc(F)cnc1OCC=O)C1CCN(Cc2cc3c(=O)oc4cccnc4c3[nH]2)CC1. The molecule has 0 radical (unpaired) electrons. The number of aldehydes is 1. The highest BCUT2D eigenvalue weighted by atomic mass is 19.1. The van der Waals surface area contributed by atoms with Crippen LogP contribution in [0.2, 0.25) is 0 Å². The van der Waals surface area contributed by atoms with E-state index >= 15 is 0 Å². The number of hydrogen-bond donors (Lipinski definition) is 1. The molecule has 10 heteroatoms. The zero-order valence-corrected chi connectivity index (χ0v) is 18.7. The number of anilines is 1. The van der Waals surface area contributed by atoms with Gasteiger partial charge in [-0.1, -0.05) is 0 Å². The normalized spacial score (nSPS) is 15.1. The molecule has 0 aromatic carbocycles. The van der Waals surface area contributed by atoms with Crippen LogP contribution in [0.25, 0.3) is 22.0 Å². The molecule has 0 spiro atoms. The third-order valence-electron chi connectivity index (χ3n) is 6.27. The fourth-order valence-corrected chi connectivity index (χ4v) is 4.55. The topological polar surface area (TPSA) is 105 Å². The van der Waals surface area contributed by atoms with E-state index in [2.05, 4.69) is 19.9 Å². The fraction of sp³-hybridized carbons (Fsp3) is 0.333. The maximum Gasteiger partial charge on any atom is 0.345 e. The maximum absolute atomic E-state index is 13.9. The Morgan fingerprint density at radius 2 is 2.15 bits per heavy atom. The van der Waals surface area contributed by atoms with Gasteiger partial charge >= 0.3 is 5.63 Å². The van der Waals surface area contributed by atoms with Gasteiger partial charge in [0, 0.05) is 50.7 Å². The molecule has 1 saturated heterocycles. The number of ether oxygens (including phenoxy) is 1. The predicted molar refractivity (Wildman–Crippen MR) is 125 cm³/mol. The number of likely N-dealkylation sites (tertiary alicyclic amines) is 1. The molecule has 0 amide bonds.